The molecule has 2 heterocycles. The number of hydrogen-bond donors (Lipinski definition) is 2. The van der Waals surface area contributed by atoms with Crippen molar-refractivity contribution in [2.45, 2.75) is 19.4 Å². The SMILES string of the molecule is COc1ccc(C)cc1NC(=O)C1CC(=O)NC(N2CCN(c3ccc(F)cc3)CC2)=N1. The summed E-state index contributed by atoms with van der Waals surface area (Å²) in [5.41, 5.74) is 2.48. The second-order valence-electron chi connectivity index (χ2n) is 7.86. The van der Waals surface area contributed by atoms with Crippen molar-refractivity contribution in [3.8, 4) is 5.75 Å². The van der Waals surface area contributed by atoms with E-state index < -0.39 is 6.04 Å². The van der Waals surface area contributed by atoms with Crippen LogP contribution in [-0.2, 0) is 9.59 Å². The van der Waals surface area contributed by atoms with Crippen LogP contribution in [0, 0.1) is 12.7 Å². The molecule has 4 rings (SSSR count). The van der Waals surface area contributed by atoms with Crippen molar-refractivity contribution in [1.29, 1.82) is 0 Å². The number of methoxy groups -OCH3 is 1. The number of anilines is 2. The van der Waals surface area contributed by atoms with Crippen molar-refractivity contribution in [3.63, 3.8) is 0 Å². The molecule has 2 aromatic carbocycles. The maximum Gasteiger partial charge on any atom is 0.249 e. The first-order valence-electron chi connectivity index (χ1n) is 10.5. The van der Waals surface area contributed by atoms with Gasteiger partial charge < -0.3 is 19.9 Å². The first-order valence-corrected chi connectivity index (χ1v) is 10.5. The molecule has 1 fully saturated rings. The highest BCUT2D eigenvalue weighted by Crippen LogP contribution is 2.26. The van der Waals surface area contributed by atoms with Gasteiger partial charge in [-0.1, -0.05) is 6.07 Å². The molecule has 0 spiro atoms. The minimum absolute atomic E-state index is 0.0149. The maximum absolute atomic E-state index is 13.2. The summed E-state index contributed by atoms with van der Waals surface area (Å²) in [6.45, 7) is 4.55. The zero-order chi connectivity index (χ0) is 22.7. The molecule has 9 heteroatoms. The third-order valence-electron chi connectivity index (χ3n) is 5.59. The minimum Gasteiger partial charge on any atom is -0.495 e. The highest BCUT2D eigenvalue weighted by molar-refractivity contribution is 6.06. The van der Waals surface area contributed by atoms with E-state index in [0.29, 0.717) is 43.6 Å². The van der Waals surface area contributed by atoms with Gasteiger partial charge in [-0.05, 0) is 48.9 Å². The van der Waals surface area contributed by atoms with Crippen molar-refractivity contribution < 1.29 is 18.7 Å². The first kappa shape index (κ1) is 21.6. The van der Waals surface area contributed by atoms with Crippen LogP contribution < -0.4 is 20.3 Å². The average Bonchev–Trinajstić information content (AvgIpc) is 2.79. The Balaban J connectivity index is 1.43. The number of amides is 2. The summed E-state index contributed by atoms with van der Waals surface area (Å²) in [6, 6.07) is 11.1. The van der Waals surface area contributed by atoms with Gasteiger partial charge in [0, 0.05) is 31.9 Å². The van der Waals surface area contributed by atoms with Crippen molar-refractivity contribution in [2.75, 3.05) is 43.5 Å². The summed E-state index contributed by atoms with van der Waals surface area (Å²) in [5.74, 6) is 0.0967. The molecule has 2 amide bonds. The molecule has 8 nitrogen and oxygen atoms in total. The average molecular weight is 439 g/mol. The number of carbonyl (C=O) groups excluding carboxylic acids is 2. The monoisotopic (exact) mass is 439 g/mol. The van der Waals surface area contributed by atoms with Crippen LogP contribution in [0.1, 0.15) is 12.0 Å². The van der Waals surface area contributed by atoms with E-state index in [1.807, 2.05) is 24.0 Å². The van der Waals surface area contributed by atoms with E-state index in [1.165, 1.54) is 19.2 Å². The number of ether oxygens (including phenoxy) is 1. The Bertz CT molecular complexity index is 1030. The molecule has 0 aliphatic carbocycles. The van der Waals surface area contributed by atoms with Gasteiger partial charge in [-0.15, -0.1) is 0 Å². The largest absolute Gasteiger partial charge is 0.495 e. The molecule has 0 bridgehead atoms. The Hall–Kier alpha value is -3.62. The Morgan fingerprint density at radius 2 is 1.81 bits per heavy atom. The Morgan fingerprint density at radius 3 is 2.50 bits per heavy atom. The molecule has 2 aromatic rings. The predicted octanol–water partition coefficient (Wildman–Crippen LogP) is 2.15. The van der Waals surface area contributed by atoms with Crippen LogP contribution >= 0.6 is 0 Å². The van der Waals surface area contributed by atoms with E-state index >= 15 is 0 Å². The lowest BCUT2D eigenvalue weighted by Crippen LogP contribution is -2.56. The summed E-state index contributed by atoms with van der Waals surface area (Å²) >= 11 is 0. The zero-order valence-electron chi connectivity index (χ0n) is 18.1. The Morgan fingerprint density at radius 1 is 1.12 bits per heavy atom. The van der Waals surface area contributed by atoms with Crippen LogP contribution in [0.4, 0.5) is 15.8 Å². The third-order valence-corrected chi connectivity index (χ3v) is 5.59. The van der Waals surface area contributed by atoms with Gasteiger partial charge in [-0.3, -0.25) is 14.9 Å². The fraction of sp³-hybridized carbons (Fsp3) is 0.348. The van der Waals surface area contributed by atoms with Gasteiger partial charge in [0.05, 0.1) is 19.2 Å². The molecular formula is C23H26FN5O3. The smallest absolute Gasteiger partial charge is 0.249 e. The van der Waals surface area contributed by atoms with Crippen molar-refractivity contribution in [2.24, 2.45) is 4.99 Å². The number of nitrogens with one attached hydrogen (secondary N) is 2. The lowest BCUT2D eigenvalue weighted by Gasteiger charge is -2.38. The van der Waals surface area contributed by atoms with E-state index in [0.717, 1.165) is 11.3 Å². The van der Waals surface area contributed by atoms with E-state index in [9.17, 15) is 14.0 Å². The predicted molar refractivity (Wildman–Crippen MR) is 121 cm³/mol. The molecular weight excluding hydrogens is 413 g/mol. The number of piperazine rings is 1. The maximum atomic E-state index is 13.2. The summed E-state index contributed by atoms with van der Waals surface area (Å²) < 4.78 is 18.5. The molecule has 1 unspecified atom stereocenters. The van der Waals surface area contributed by atoms with E-state index in [1.54, 1.807) is 18.2 Å². The zero-order valence-corrected chi connectivity index (χ0v) is 18.1. The molecule has 2 aliphatic heterocycles. The number of hydrogen-bond acceptors (Lipinski definition) is 6. The lowest BCUT2D eigenvalue weighted by atomic mass is 10.1. The number of rotatable bonds is 4. The van der Waals surface area contributed by atoms with Gasteiger partial charge >= 0.3 is 0 Å². The fourth-order valence-corrected chi connectivity index (χ4v) is 3.85. The molecule has 168 valence electrons. The van der Waals surface area contributed by atoms with Crippen LogP contribution in [0.25, 0.3) is 0 Å². The van der Waals surface area contributed by atoms with Crippen LogP contribution in [0.15, 0.2) is 47.5 Å². The molecule has 2 aliphatic rings. The molecule has 0 radical (unpaired) electrons. The molecule has 2 N–H and O–H groups in total. The minimum atomic E-state index is -0.820. The Labute approximate surface area is 186 Å². The second kappa shape index (κ2) is 9.25. The fourth-order valence-electron chi connectivity index (χ4n) is 3.85. The molecule has 1 saturated heterocycles. The Kier molecular flexibility index (Phi) is 6.25. The van der Waals surface area contributed by atoms with E-state index in [4.69, 9.17) is 4.74 Å². The summed E-state index contributed by atoms with van der Waals surface area (Å²) in [6.07, 6.45) is -0.0149. The summed E-state index contributed by atoms with van der Waals surface area (Å²) in [5, 5.41) is 5.63. The number of halogens is 1. The number of nitrogens with zero attached hydrogens (tertiary/aromatic N) is 3. The number of carbonyl (C=O) groups is 2. The standard InChI is InChI=1S/C23H26FN5O3/c1-15-3-8-20(32-2)18(13-15)25-22(31)19-14-21(30)27-23(26-19)29-11-9-28(10-12-29)17-6-4-16(24)5-7-17/h3-8,13,19H,9-12,14H2,1-2H3,(H,25,31)(H,26,27,30). The lowest BCUT2D eigenvalue weighted by molar-refractivity contribution is -0.125. The van der Waals surface area contributed by atoms with Crippen molar-refractivity contribution >= 4 is 29.1 Å². The van der Waals surface area contributed by atoms with Crippen LogP contribution in [0.2, 0.25) is 0 Å². The van der Waals surface area contributed by atoms with Crippen LogP contribution in [0.3, 0.4) is 0 Å². The second-order valence-corrected chi connectivity index (χ2v) is 7.86. The highest BCUT2D eigenvalue weighted by atomic mass is 19.1. The summed E-state index contributed by atoms with van der Waals surface area (Å²) in [7, 11) is 1.54. The van der Waals surface area contributed by atoms with Gasteiger partial charge in [-0.25, -0.2) is 9.38 Å². The molecule has 1 atom stereocenters. The van der Waals surface area contributed by atoms with Gasteiger partial charge in [-0.2, -0.15) is 0 Å². The normalized spacial score (nSPS) is 18.7. The first-order chi connectivity index (χ1) is 15.4. The third kappa shape index (κ3) is 4.82. The van der Waals surface area contributed by atoms with Crippen LogP contribution in [0.5, 0.6) is 5.75 Å². The van der Waals surface area contributed by atoms with E-state index in [2.05, 4.69) is 20.5 Å². The number of aryl methyl sites for hydroxylation is 1. The number of aliphatic imine (C=N–C) groups is 1. The van der Waals surface area contributed by atoms with Crippen LogP contribution in [-0.4, -0.2) is 62.0 Å². The van der Waals surface area contributed by atoms with E-state index in [-0.39, 0.29) is 24.1 Å². The molecule has 32 heavy (non-hydrogen) atoms. The van der Waals surface area contributed by atoms with Crippen molar-refractivity contribution in [3.05, 3.63) is 53.8 Å². The quantitative estimate of drug-likeness (QED) is 0.763. The number of benzene rings is 2. The topological polar surface area (TPSA) is 86.3 Å². The van der Waals surface area contributed by atoms with Crippen molar-refractivity contribution in [1.82, 2.24) is 10.2 Å². The number of guanidine groups is 1. The molecule has 0 aromatic heterocycles. The van der Waals surface area contributed by atoms with Gasteiger partial charge in [0.15, 0.2) is 0 Å². The highest BCUT2D eigenvalue weighted by Gasteiger charge is 2.31. The van der Waals surface area contributed by atoms with Gasteiger partial charge in [0.25, 0.3) is 0 Å². The summed E-state index contributed by atoms with van der Waals surface area (Å²) in [4.78, 5) is 33.8. The molecule has 0 saturated carbocycles. The van der Waals surface area contributed by atoms with Gasteiger partial charge in [0.2, 0.25) is 17.8 Å². The van der Waals surface area contributed by atoms with Gasteiger partial charge in [0.1, 0.15) is 17.6 Å².